The number of nitrogens with zero attached hydrogens (tertiary/aromatic N) is 1. The van der Waals surface area contributed by atoms with Gasteiger partial charge in [0, 0.05) is 24.6 Å². The summed E-state index contributed by atoms with van der Waals surface area (Å²) in [6, 6.07) is 9.70. The van der Waals surface area contributed by atoms with E-state index in [0.717, 1.165) is 25.1 Å². The van der Waals surface area contributed by atoms with Crippen LogP contribution in [0.2, 0.25) is 0 Å². The molecule has 174 valence electrons. The summed E-state index contributed by atoms with van der Waals surface area (Å²) in [5.74, 6) is 2.77. The Balaban J connectivity index is 1.45. The number of H-pyrrole nitrogens is 1. The Labute approximate surface area is 191 Å². The van der Waals surface area contributed by atoms with Gasteiger partial charge in [0.05, 0.1) is 32.2 Å². The number of hydrogen-bond donors (Lipinski definition) is 2. The monoisotopic (exact) mass is 451 g/mol. The smallest absolute Gasteiger partial charge is 0.328 e. The van der Waals surface area contributed by atoms with E-state index in [2.05, 4.69) is 22.4 Å². The molecule has 2 aliphatic rings. The van der Waals surface area contributed by atoms with E-state index >= 15 is 0 Å². The van der Waals surface area contributed by atoms with Crippen LogP contribution in [0, 0.1) is 5.92 Å². The summed E-state index contributed by atoms with van der Waals surface area (Å²) in [6.07, 6.45) is 2.81. The number of hydrogen-bond acceptors (Lipinski definition) is 6. The quantitative estimate of drug-likeness (QED) is 0.598. The first-order chi connectivity index (χ1) is 16.0. The van der Waals surface area contributed by atoms with Crippen molar-refractivity contribution < 1.29 is 14.2 Å². The minimum atomic E-state index is -0.417. The standard InChI is InChI=1S/C25H29N3O5/c1-31-20-6-4-5-16-15(20)8-7-14-13-26-18(23(14)16)9-10-28-24(29)17-11-21(32-2)22(33-3)12-19(17)27-25(28)30/h4-6,11-12,14,18,23,26H,7-10,13H2,1-3H3,(H,27,30). The van der Waals surface area contributed by atoms with Crippen molar-refractivity contribution in [3.63, 3.8) is 0 Å². The summed E-state index contributed by atoms with van der Waals surface area (Å²) in [6.45, 7) is 1.28. The maximum atomic E-state index is 13.2. The molecule has 33 heavy (non-hydrogen) atoms. The summed E-state index contributed by atoms with van der Waals surface area (Å²) < 4.78 is 17.5. The van der Waals surface area contributed by atoms with Crippen LogP contribution < -0.4 is 30.8 Å². The van der Waals surface area contributed by atoms with Gasteiger partial charge in [-0.1, -0.05) is 12.1 Å². The molecular formula is C25H29N3O5. The van der Waals surface area contributed by atoms with Gasteiger partial charge >= 0.3 is 5.69 Å². The van der Waals surface area contributed by atoms with E-state index in [-0.39, 0.29) is 11.6 Å². The Kier molecular flexibility index (Phi) is 5.62. The molecule has 8 heteroatoms. The second-order valence-corrected chi connectivity index (χ2v) is 8.80. The van der Waals surface area contributed by atoms with Crippen molar-refractivity contribution in [2.45, 2.75) is 37.8 Å². The first kappa shape index (κ1) is 21.6. The fourth-order valence-electron chi connectivity index (χ4n) is 5.65. The zero-order valence-corrected chi connectivity index (χ0v) is 19.1. The van der Waals surface area contributed by atoms with Gasteiger partial charge in [-0.25, -0.2) is 4.79 Å². The molecule has 8 nitrogen and oxygen atoms in total. The van der Waals surface area contributed by atoms with Crippen molar-refractivity contribution in [2.75, 3.05) is 27.9 Å². The highest BCUT2D eigenvalue weighted by Crippen LogP contribution is 2.45. The lowest BCUT2D eigenvalue weighted by molar-refractivity contribution is 0.355. The molecule has 2 aromatic carbocycles. The Morgan fingerprint density at radius 1 is 1.03 bits per heavy atom. The molecule has 0 amide bonds. The summed E-state index contributed by atoms with van der Waals surface area (Å²) in [7, 11) is 4.76. The topological polar surface area (TPSA) is 94.6 Å². The Bertz CT molecular complexity index is 1310. The molecule has 0 radical (unpaired) electrons. The van der Waals surface area contributed by atoms with Crippen LogP contribution in [0.25, 0.3) is 10.9 Å². The number of aromatic nitrogens is 2. The summed E-state index contributed by atoms with van der Waals surface area (Å²) in [5.41, 5.74) is 2.31. The molecule has 2 N–H and O–H groups in total. The molecule has 0 spiro atoms. The zero-order valence-electron chi connectivity index (χ0n) is 19.1. The number of rotatable bonds is 6. The normalized spacial score (nSPS) is 21.5. The van der Waals surface area contributed by atoms with Crippen molar-refractivity contribution in [1.29, 1.82) is 0 Å². The summed E-state index contributed by atoms with van der Waals surface area (Å²) in [4.78, 5) is 28.8. The second-order valence-electron chi connectivity index (χ2n) is 8.80. The highest BCUT2D eigenvalue weighted by Gasteiger charge is 2.40. The van der Waals surface area contributed by atoms with Crippen LogP contribution in [0.3, 0.4) is 0 Å². The van der Waals surface area contributed by atoms with Gasteiger partial charge in [0.2, 0.25) is 0 Å². The van der Waals surface area contributed by atoms with Crippen LogP contribution in [0.15, 0.2) is 39.9 Å². The van der Waals surface area contributed by atoms with Crippen molar-refractivity contribution in [3.05, 3.63) is 62.3 Å². The molecule has 3 unspecified atom stereocenters. The maximum absolute atomic E-state index is 13.2. The number of fused-ring (bicyclic) bond motifs is 4. The van der Waals surface area contributed by atoms with Crippen LogP contribution in [0.4, 0.5) is 0 Å². The average Bonchev–Trinajstić information content (AvgIpc) is 3.26. The maximum Gasteiger partial charge on any atom is 0.328 e. The molecule has 1 aromatic heterocycles. The summed E-state index contributed by atoms with van der Waals surface area (Å²) >= 11 is 0. The number of methoxy groups -OCH3 is 3. The molecule has 1 aliphatic carbocycles. The number of ether oxygens (including phenoxy) is 3. The van der Waals surface area contributed by atoms with Gasteiger partial charge in [-0.2, -0.15) is 0 Å². The SMILES string of the molecule is COc1cc2[nH]c(=O)n(CCC3NCC4CCc5c(OC)cccc5C43)c(=O)c2cc1OC. The fraction of sp³-hybridized carbons (Fsp3) is 0.440. The lowest BCUT2D eigenvalue weighted by Gasteiger charge is -2.32. The third kappa shape index (κ3) is 3.58. The van der Waals surface area contributed by atoms with Gasteiger partial charge in [0.15, 0.2) is 11.5 Å². The van der Waals surface area contributed by atoms with Gasteiger partial charge in [0.1, 0.15) is 5.75 Å². The van der Waals surface area contributed by atoms with Gasteiger partial charge in [-0.05, 0) is 55.0 Å². The Morgan fingerprint density at radius 2 is 1.79 bits per heavy atom. The molecule has 3 aromatic rings. The highest BCUT2D eigenvalue weighted by atomic mass is 16.5. The van der Waals surface area contributed by atoms with E-state index in [1.807, 2.05) is 6.07 Å². The van der Waals surface area contributed by atoms with Gasteiger partial charge in [-0.15, -0.1) is 0 Å². The number of benzene rings is 2. The van der Waals surface area contributed by atoms with Crippen molar-refractivity contribution >= 4 is 10.9 Å². The van der Waals surface area contributed by atoms with E-state index in [4.69, 9.17) is 14.2 Å². The van der Waals surface area contributed by atoms with Crippen LogP contribution >= 0.6 is 0 Å². The van der Waals surface area contributed by atoms with Crippen molar-refractivity contribution in [2.24, 2.45) is 5.92 Å². The molecule has 2 heterocycles. The van der Waals surface area contributed by atoms with Crippen molar-refractivity contribution in [1.82, 2.24) is 14.9 Å². The van der Waals surface area contributed by atoms with Gasteiger partial charge in [-0.3, -0.25) is 9.36 Å². The highest BCUT2D eigenvalue weighted by molar-refractivity contribution is 5.81. The third-order valence-electron chi connectivity index (χ3n) is 7.25. The van der Waals surface area contributed by atoms with Crippen LogP contribution in [0.1, 0.15) is 29.9 Å². The first-order valence-electron chi connectivity index (χ1n) is 11.3. The molecule has 1 fully saturated rings. The molecule has 1 aliphatic heterocycles. The largest absolute Gasteiger partial charge is 0.496 e. The lowest BCUT2D eigenvalue weighted by Crippen LogP contribution is -2.38. The fourth-order valence-corrected chi connectivity index (χ4v) is 5.65. The van der Waals surface area contributed by atoms with E-state index < -0.39 is 5.69 Å². The van der Waals surface area contributed by atoms with E-state index in [1.54, 1.807) is 19.2 Å². The number of aromatic amines is 1. The predicted molar refractivity (Wildman–Crippen MR) is 126 cm³/mol. The Morgan fingerprint density at radius 3 is 2.55 bits per heavy atom. The minimum absolute atomic E-state index is 0.188. The van der Waals surface area contributed by atoms with E-state index in [1.165, 1.54) is 29.9 Å². The second kappa shape index (κ2) is 8.59. The van der Waals surface area contributed by atoms with Gasteiger partial charge in [0.25, 0.3) is 5.56 Å². The molecule has 5 rings (SSSR count). The van der Waals surface area contributed by atoms with E-state index in [0.29, 0.717) is 47.2 Å². The molecule has 1 saturated heterocycles. The van der Waals surface area contributed by atoms with Crippen LogP contribution in [-0.2, 0) is 13.0 Å². The summed E-state index contributed by atoms with van der Waals surface area (Å²) in [5, 5.41) is 4.05. The van der Waals surface area contributed by atoms with E-state index in [9.17, 15) is 9.59 Å². The third-order valence-corrected chi connectivity index (χ3v) is 7.25. The first-order valence-corrected chi connectivity index (χ1v) is 11.3. The van der Waals surface area contributed by atoms with Crippen LogP contribution in [-0.4, -0.2) is 43.5 Å². The van der Waals surface area contributed by atoms with Crippen LogP contribution in [0.5, 0.6) is 17.2 Å². The molecule has 0 saturated carbocycles. The number of nitrogens with one attached hydrogen (secondary N) is 2. The molecular weight excluding hydrogens is 422 g/mol. The average molecular weight is 452 g/mol. The lowest BCUT2D eigenvalue weighted by atomic mass is 9.73. The zero-order chi connectivity index (χ0) is 23.1. The molecule has 3 atom stereocenters. The predicted octanol–water partition coefficient (Wildman–Crippen LogP) is 2.42. The molecule has 0 bridgehead atoms. The minimum Gasteiger partial charge on any atom is -0.496 e. The Hall–Kier alpha value is -3.26. The van der Waals surface area contributed by atoms with Gasteiger partial charge < -0.3 is 24.5 Å². The van der Waals surface area contributed by atoms with Crippen molar-refractivity contribution in [3.8, 4) is 17.2 Å².